The number of carbonyl (C=O) groups excluding carboxylic acids is 1. The van der Waals surface area contributed by atoms with Crippen LogP contribution in [-0.4, -0.2) is 20.7 Å². The van der Waals surface area contributed by atoms with E-state index in [0.29, 0.717) is 22.5 Å². The second-order valence-electron chi connectivity index (χ2n) is 6.00. The normalized spacial score (nSPS) is 10.6. The van der Waals surface area contributed by atoms with E-state index in [0.717, 1.165) is 5.69 Å². The van der Waals surface area contributed by atoms with Crippen LogP contribution in [0.25, 0.3) is 16.9 Å². The summed E-state index contributed by atoms with van der Waals surface area (Å²) in [5, 5.41) is 7.25. The van der Waals surface area contributed by atoms with Crippen LogP contribution in [0.15, 0.2) is 79.3 Å². The summed E-state index contributed by atoms with van der Waals surface area (Å²) < 4.78 is 15.0. The average molecular weight is 393 g/mol. The molecule has 0 aliphatic rings. The molecule has 5 nitrogen and oxygen atoms in total. The van der Waals surface area contributed by atoms with Gasteiger partial charge in [0.05, 0.1) is 16.3 Å². The van der Waals surface area contributed by atoms with Crippen molar-refractivity contribution in [3.05, 3.63) is 95.7 Å². The van der Waals surface area contributed by atoms with Gasteiger partial charge in [-0.2, -0.15) is 5.10 Å². The Bertz CT molecular complexity index is 1130. The van der Waals surface area contributed by atoms with Crippen LogP contribution in [-0.2, 0) is 0 Å². The molecular formula is C21H14ClFN4O. The lowest BCUT2D eigenvalue weighted by molar-refractivity contribution is 0.102. The topological polar surface area (TPSA) is 59.8 Å². The van der Waals surface area contributed by atoms with E-state index in [1.165, 1.54) is 18.2 Å². The minimum atomic E-state index is -0.549. The van der Waals surface area contributed by atoms with Gasteiger partial charge in [-0.15, -0.1) is 0 Å². The molecule has 0 radical (unpaired) electrons. The van der Waals surface area contributed by atoms with Gasteiger partial charge in [-0.3, -0.25) is 9.78 Å². The van der Waals surface area contributed by atoms with E-state index in [4.69, 9.17) is 11.6 Å². The number of hydrogen-bond acceptors (Lipinski definition) is 3. The summed E-state index contributed by atoms with van der Waals surface area (Å²) in [5.74, 6) is -0.934. The van der Waals surface area contributed by atoms with Gasteiger partial charge in [-0.25, -0.2) is 9.07 Å². The molecule has 0 spiro atoms. The third-order valence-electron chi connectivity index (χ3n) is 4.09. The van der Waals surface area contributed by atoms with Gasteiger partial charge in [0.2, 0.25) is 0 Å². The third kappa shape index (κ3) is 3.63. The van der Waals surface area contributed by atoms with Crippen molar-refractivity contribution in [3.8, 4) is 16.9 Å². The molecule has 0 saturated heterocycles. The number of amides is 1. The molecule has 2 heterocycles. The van der Waals surface area contributed by atoms with Gasteiger partial charge in [0.1, 0.15) is 11.5 Å². The lowest BCUT2D eigenvalue weighted by Gasteiger charge is -2.06. The fourth-order valence-corrected chi connectivity index (χ4v) is 2.92. The molecule has 1 N–H and O–H groups in total. The first-order valence-corrected chi connectivity index (χ1v) is 8.81. The standard InChI is InChI=1S/C21H14ClFN4O/c22-18-11-15(8-9-19(18)23)25-21(28)17-13-27(16-6-2-1-3-7-16)26-20(17)14-5-4-10-24-12-14/h1-13H,(H,25,28). The van der Waals surface area contributed by atoms with E-state index in [1.807, 2.05) is 36.4 Å². The third-order valence-corrected chi connectivity index (χ3v) is 4.38. The number of halogens is 2. The van der Waals surface area contributed by atoms with Crippen molar-refractivity contribution in [2.45, 2.75) is 0 Å². The SMILES string of the molecule is O=C(Nc1ccc(F)c(Cl)c1)c1cn(-c2ccccc2)nc1-c1cccnc1. The second kappa shape index (κ2) is 7.62. The number of anilines is 1. The summed E-state index contributed by atoms with van der Waals surface area (Å²) in [5.41, 5.74) is 2.76. The molecule has 0 fully saturated rings. The Balaban J connectivity index is 1.75. The van der Waals surface area contributed by atoms with Crippen LogP contribution < -0.4 is 5.32 Å². The predicted octanol–water partition coefficient (Wildman–Crippen LogP) is 4.98. The number of pyridine rings is 1. The maximum absolute atomic E-state index is 13.4. The number of rotatable bonds is 4. The number of aromatic nitrogens is 3. The van der Waals surface area contributed by atoms with Crippen molar-refractivity contribution in [2.24, 2.45) is 0 Å². The number of hydrogen-bond donors (Lipinski definition) is 1. The molecule has 0 aliphatic carbocycles. The summed E-state index contributed by atoms with van der Waals surface area (Å²) in [6, 6.07) is 17.1. The van der Waals surface area contributed by atoms with Gasteiger partial charge in [0.15, 0.2) is 0 Å². The molecule has 28 heavy (non-hydrogen) atoms. The zero-order valence-corrected chi connectivity index (χ0v) is 15.3. The highest BCUT2D eigenvalue weighted by molar-refractivity contribution is 6.31. The molecular weight excluding hydrogens is 379 g/mol. The van der Waals surface area contributed by atoms with Crippen molar-refractivity contribution in [1.82, 2.24) is 14.8 Å². The molecule has 0 unspecified atom stereocenters. The first-order chi connectivity index (χ1) is 13.6. The molecule has 1 amide bonds. The Kier molecular flexibility index (Phi) is 4.87. The van der Waals surface area contributed by atoms with Crippen molar-refractivity contribution in [1.29, 1.82) is 0 Å². The van der Waals surface area contributed by atoms with Gasteiger partial charge in [0, 0.05) is 29.8 Å². The summed E-state index contributed by atoms with van der Waals surface area (Å²) in [6.45, 7) is 0. The second-order valence-corrected chi connectivity index (χ2v) is 6.40. The Labute approximate surface area is 165 Å². The summed E-state index contributed by atoms with van der Waals surface area (Å²) in [7, 11) is 0. The Morgan fingerprint density at radius 3 is 2.61 bits per heavy atom. The monoisotopic (exact) mass is 392 g/mol. The van der Waals surface area contributed by atoms with Crippen LogP contribution in [0.3, 0.4) is 0 Å². The van der Waals surface area contributed by atoms with Crippen LogP contribution in [0.5, 0.6) is 0 Å². The fraction of sp³-hybridized carbons (Fsp3) is 0. The summed E-state index contributed by atoms with van der Waals surface area (Å²) in [4.78, 5) is 17.0. The average Bonchev–Trinajstić information content (AvgIpc) is 3.18. The van der Waals surface area contributed by atoms with Gasteiger partial charge >= 0.3 is 0 Å². The smallest absolute Gasteiger partial charge is 0.259 e. The first-order valence-electron chi connectivity index (χ1n) is 8.44. The number of carbonyl (C=O) groups is 1. The number of para-hydroxylation sites is 1. The lowest BCUT2D eigenvalue weighted by atomic mass is 10.1. The van der Waals surface area contributed by atoms with Crippen molar-refractivity contribution < 1.29 is 9.18 Å². The van der Waals surface area contributed by atoms with Gasteiger partial charge in [-0.1, -0.05) is 29.8 Å². The van der Waals surface area contributed by atoms with E-state index in [1.54, 1.807) is 29.3 Å². The maximum atomic E-state index is 13.4. The minimum Gasteiger partial charge on any atom is -0.322 e. The van der Waals surface area contributed by atoms with E-state index >= 15 is 0 Å². The Morgan fingerprint density at radius 2 is 1.89 bits per heavy atom. The molecule has 0 bridgehead atoms. The molecule has 4 aromatic rings. The molecule has 2 aromatic carbocycles. The highest BCUT2D eigenvalue weighted by Gasteiger charge is 2.19. The fourth-order valence-electron chi connectivity index (χ4n) is 2.74. The highest BCUT2D eigenvalue weighted by atomic mass is 35.5. The van der Waals surface area contributed by atoms with E-state index in [2.05, 4.69) is 15.4 Å². The van der Waals surface area contributed by atoms with Crippen LogP contribution in [0.1, 0.15) is 10.4 Å². The van der Waals surface area contributed by atoms with E-state index in [9.17, 15) is 9.18 Å². The predicted molar refractivity (Wildman–Crippen MR) is 106 cm³/mol. The molecule has 0 aliphatic heterocycles. The molecule has 4 rings (SSSR count). The van der Waals surface area contributed by atoms with Crippen LogP contribution >= 0.6 is 11.6 Å². The molecule has 138 valence electrons. The minimum absolute atomic E-state index is 0.0646. The van der Waals surface area contributed by atoms with E-state index < -0.39 is 5.82 Å². The first kappa shape index (κ1) is 17.9. The maximum Gasteiger partial charge on any atom is 0.259 e. The van der Waals surface area contributed by atoms with E-state index in [-0.39, 0.29) is 10.9 Å². The van der Waals surface area contributed by atoms with Crippen LogP contribution in [0.2, 0.25) is 5.02 Å². The molecule has 2 aromatic heterocycles. The molecule has 0 atom stereocenters. The Hall–Kier alpha value is -3.51. The van der Waals surface area contributed by atoms with Crippen molar-refractivity contribution in [2.75, 3.05) is 5.32 Å². The van der Waals surface area contributed by atoms with Crippen LogP contribution in [0, 0.1) is 5.82 Å². The summed E-state index contributed by atoms with van der Waals surface area (Å²) in [6.07, 6.45) is 4.94. The number of nitrogens with one attached hydrogen (secondary N) is 1. The van der Waals surface area contributed by atoms with Gasteiger partial charge in [0.25, 0.3) is 5.91 Å². The quantitative estimate of drug-likeness (QED) is 0.533. The van der Waals surface area contributed by atoms with Gasteiger partial charge in [-0.05, 0) is 42.5 Å². The largest absolute Gasteiger partial charge is 0.322 e. The highest BCUT2D eigenvalue weighted by Crippen LogP contribution is 2.25. The lowest BCUT2D eigenvalue weighted by Crippen LogP contribution is -2.12. The van der Waals surface area contributed by atoms with Crippen LogP contribution in [0.4, 0.5) is 10.1 Å². The van der Waals surface area contributed by atoms with Crippen molar-refractivity contribution in [3.63, 3.8) is 0 Å². The summed E-state index contributed by atoms with van der Waals surface area (Å²) >= 11 is 5.80. The zero-order valence-electron chi connectivity index (χ0n) is 14.5. The number of benzene rings is 2. The van der Waals surface area contributed by atoms with Gasteiger partial charge < -0.3 is 5.32 Å². The zero-order chi connectivity index (χ0) is 19.5. The number of nitrogens with zero attached hydrogens (tertiary/aromatic N) is 3. The Morgan fingerprint density at radius 1 is 1.07 bits per heavy atom. The molecule has 7 heteroatoms. The molecule has 0 saturated carbocycles. The van der Waals surface area contributed by atoms with Crippen molar-refractivity contribution >= 4 is 23.2 Å².